The van der Waals surface area contributed by atoms with Crippen LogP contribution in [0.3, 0.4) is 0 Å². The molecule has 0 saturated heterocycles. The summed E-state index contributed by atoms with van der Waals surface area (Å²) in [6, 6.07) is 7.34. The Balaban J connectivity index is 1.63. The number of fused-ring (bicyclic) bond motifs is 3. The topological polar surface area (TPSA) is 186 Å². The molecule has 2 unspecified atom stereocenters. The van der Waals surface area contributed by atoms with Gasteiger partial charge in [0.15, 0.2) is 34.7 Å². The monoisotopic (exact) mass is 579 g/mol. The van der Waals surface area contributed by atoms with E-state index in [1.54, 1.807) is 33.3 Å². The predicted octanol–water partition coefficient (Wildman–Crippen LogP) is 0.194. The number of benzene rings is 2. The first-order valence-corrected chi connectivity index (χ1v) is 13.5. The van der Waals surface area contributed by atoms with E-state index in [0.29, 0.717) is 23.4 Å². The Morgan fingerprint density at radius 3 is 2.45 bits per heavy atom. The van der Waals surface area contributed by atoms with Crippen LogP contribution in [-0.4, -0.2) is 84.1 Å². The second-order valence-corrected chi connectivity index (χ2v) is 11.3. The van der Waals surface area contributed by atoms with Gasteiger partial charge in [-0.25, -0.2) is 0 Å². The molecule has 3 aliphatic carbocycles. The van der Waals surface area contributed by atoms with Crippen LogP contribution in [0.5, 0.6) is 11.5 Å². The summed E-state index contributed by atoms with van der Waals surface area (Å²) in [5.74, 6) is -10.2. The molecule has 5 rings (SSSR count). The third-order valence-electron chi connectivity index (χ3n) is 8.94. The number of ketones is 4. The van der Waals surface area contributed by atoms with Gasteiger partial charge in [-0.3, -0.25) is 28.9 Å². The van der Waals surface area contributed by atoms with Crippen LogP contribution in [0.2, 0.25) is 0 Å². The SMILES string of the molecule is CONCc1cc(-c2ccc(O)c3c2C[C@H]2C[C@H]4[C@H](N(C)C)C(=O)C(C(N)=O)C(=O)[C@@]4(O)C(=O)C2C3=O)ccc1OC. The third-order valence-corrected chi connectivity index (χ3v) is 8.94. The molecular weight excluding hydrogens is 546 g/mol. The van der Waals surface area contributed by atoms with Gasteiger partial charge in [0, 0.05) is 18.0 Å². The standard InChI is InChI=1S/C30H33N3O9/c1-33(2)24-18-11-14-10-17-16(13-5-8-20(41-3)15(9-13)12-32-42-4)6-7-19(34)22(17)25(35)21(14)27(37)30(18,40)28(38)23(26(24)36)29(31)39/h5-9,14,18,21,23-24,32,34,40H,10-12H2,1-4H3,(H2,31,39)/t14-,18-,21?,23?,24-,30-/m0/s1. The Kier molecular flexibility index (Phi) is 7.52. The molecule has 0 aliphatic heterocycles. The quantitative estimate of drug-likeness (QED) is 0.259. The van der Waals surface area contributed by atoms with E-state index in [0.717, 1.165) is 11.1 Å². The van der Waals surface area contributed by atoms with Crippen LogP contribution >= 0.6 is 0 Å². The third kappa shape index (κ3) is 4.25. The van der Waals surface area contributed by atoms with Gasteiger partial charge in [0.2, 0.25) is 5.91 Å². The number of methoxy groups -OCH3 is 1. The van der Waals surface area contributed by atoms with Gasteiger partial charge in [-0.05, 0) is 67.7 Å². The maximum absolute atomic E-state index is 14.0. The van der Waals surface area contributed by atoms with Gasteiger partial charge in [0.1, 0.15) is 11.5 Å². The zero-order valence-electron chi connectivity index (χ0n) is 23.7. The molecule has 2 aromatic carbocycles. The molecule has 3 aliphatic rings. The minimum Gasteiger partial charge on any atom is -0.507 e. The number of nitrogens with zero attached hydrogens (tertiary/aromatic N) is 1. The average Bonchev–Trinajstić information content (AvgIpc) is 2.93. The Morgan fingerprint density at radius 2 is 1.83 bits per heavy atom. The number of hydroxylamine groups is 1. The van der Waals surface area contributed by atoms with Gasteiger partial charge in [-0.2, -0.15) is 5.48 Å². The molecule has 2 saturated carbocycles. The number of aromatic hydroxyl groups is 1. The molecular formula is C30H33N3O9. The van der Waals surface area contributed by atoms with E-state index in [1.165, 1.54) is 18.1 Å². The van der Waals surface area contributed by atoms with Crippen LogP contribution in [0.1, 0.15) is 27.9 Å². The van der Waals surface area contributed by atoms with Gasteiger partial charge >= 0.3 is 0 Å². The first-order valence-electron chi connectivity index (χ1n) is 13.5. The second kappa shape index (κ2) is 10.7. The number of carbonyl (C=O) groups excluding carboxylic acids is 5. The van der Waals surface area contributed by atoms with E-state index in [-0.39, 0.29) is 24.2 Å². The minimum atomic E-state index is -2.76. The van der Waals surface area contributed by atoms with Gasteiger partial charge in [0.05, 0.1) is 31.7 Å². The van der Waals surface area contributed by atoms with Crippen molar-refractivity contribution < 1.29 is 43.8 Å². The van der Waals surface area contributed by atoms with Crippen molar-refractivity contribution >= 4 is 29.0 Å². The summed E-state index contributed by atoms with van der Waals surface area (Å²) in [5.41, 5.74) is 7.98. The number of Topliss-reactive ketones (excluding diaryl/α,β-unsaturated/α-hetero) is 4. The van der Waals surface area contributed by atoms with Crippen molar-refractivity contribution in [3.63, 3.8) is 0 Å². The minimum absolute atomic E-state index is 0.0232. The molecule has 0 bridgehead atoms. The number of carbonyl (C=O) groups is 5. The lowest BCUT2D eigenvalue weighted by atomic mass is 9.52. The van der Waals surface area contributed by atoms with E-state index in [9.17, 15) is 34.2 Å². The molecule has 12 nitrogen and oxygen atoms in total. The van der Waals surface area contributed by atoms with Crippen LogP contribution in [-0.2, 0) is 37.0 Å². The van der Waals surface area contributed by atoms with Crippen molar-refractivity contribution in [1.82, 2.24) is 10.4 Å². The number of ether oxygens (including phenoxy) is 1. The van der Waals surface area contributed by atoms with E-state index >= 15 is 0 Å². The lowest BCUT2D eigenvalue weighted by Gasteiger charge is -2.52. The highest BCUT2D eigenvalue weighted by atomic mass is 16.6. The number of primary amides is 1. The van der Waals surface area contributed by atoms with E-state index in [2.05, 4.69) is 5.48 Å². The fourth-order valence-electron chi connectivity index (χ4n) is 7.11. The van der Waals surface area contributed by atoms with Crippen LogP contribution in [0.15, 0.2) is 30.3 Å². The number of nitrogens with one attached hydrogen (secondary N) is 1. The highest BCUT2D eigenvalue weighted by Crippen LogP contribution is 2.51. The van der Waals surface area contributed by atoms with E-state index < -0.39 is 64.4 Å². The largest absolute Gasteiger partial charge is 0.507 e. The molecule has 0 spiro atoms. The number of phenols is 1. The van der Waals surface area contributed by atoms with Crippen LogP contribution in [0.25, 0.3) is 11.1 Å². The van der Waals surface area contributed by atoms with E-state index in [4.69, 9.17) is 15.3 Å². The zero-order valence-corrected chi connectivity index (χ0v) is 23.7. The number of nitrogens with two attached hydrogens (primary N) is 1. The molecule has 5 N–H and O–H groups in total. The number of aliphatic hydroxyl groups is 1. The van der Waals surface area contributed by atoms with Gasteiger partial charge in [-0.1, -0.05) is 12.1 Å². The summed E-state index contributed by atoms with van der Waals surface area (Å²) in [7, 11) is 6.12. The summed E-state index contributed by atoms with van der Waals surface area (Å²) in [5, 5.41) is 22.5. The Labute approximate surface area is 241 Å². The molecule has 0 radical (unpaired) electrons. The summed E-state index contributed by atoms with van der Waals surface area (Å²) in [6.07, 6.45) is 0.137. The summed E-state index contributed by atoms with van der Waals surface area (Å²) >= 11 is 0. The lowest BCUT2D eigenvalue weighted by Crippen LogP contribution is -2.74. The van der Waals surface area contributed by atoms with Gasteiger partial charge in [0.25, 0.3) is 0 Å². The molecule has 0 aromatic heterocycles. The average molecular weight is 580 g/mol. The molecule has 1 amide bonds. The fourth-order valence-corrected chi connectivity index (χ4v) is 7.11. The predicted molar refractivity (Wildman–Crippen MR) is 147 cm³/mol. The Morgan fingerprint density at radius 1 is 1.12 bits per heavy atom. The second-order valence-electron chi connectivity index (χ2n) is 11.3. The highest BCUT2D eigenvalue weighted by molar-refractivity contribution is 6.32. The summed E-state index contributed by atoms with van der Waals surface area (Å²) in [4.78, 5) is 73.2. The highest BCUT2D eigenvalue weighted by Gasteiger charge is 2.69. The number of phenolic OH excluding ortho intramolecular Hbond substituents is 1. The van der Waals surface area contributed by atoms with E-state index in [1.807, 2.05) is 12.1 Å². The van der Waals surface area contributed by atoms with Gasteiger partial charge < -0.3 is 25.5 Å². The molecule has 12 heteroatoms. The molecule has 222 valence electrons. The van der Waals surface area contributed by atoms with Crippen molar-refractivity contribution in [1.29, 1.82) is 0 Å². The normalized spacial score (nSPS) is 28.8. The molecule has 42 heavy (non-hydrogen) atoms. The summed E-state index contributed by atoms with van der Waals surface area (Å²) < 4.78 is 5.45. The van der Waals surface area contributed by atoms with Crippen LogP contribution in [0.4, 0.5) is 0 Å². The maximum atomic E-state index is 14.0. The first kappa shape index (κ1) is 29.5. The molecule has 2 aromatic rings. The molecule has 2 fully saturated rings. The number of likely N-dealkylation sites (N-methyl/N-ethyl adjacent to an activating group) is 1. The fraction of sp³-hybridized carbons (Fsp3) is 0.433. The Hall–Kier alpha value is -3.97. The van der Waals surface area contributed by atoms with Crippen molar-refractivity contribution in [3.8, 4) is 22.6 Å². The number of amides is 1. The maximum Gasteiger partial charge on any atom is 0.235 e. The lowest BCUT2D eigenvalue weighted by molar-refractivity contribution is -0.181. The van der Waals surface area contributed by atoms with Crippen molar-refractivity contribution in [2.75, 3.05) is 28.3 Å². The number of hydrogen-bond donors (Lipinski definition) is 4. The van der Waals surface area contributed by atoms with Crippen LogP contribution in [0, 0.1) is 23.7 Å². The van der Waals surface area contributed by atoms with Crippen molar-refractivity contribution in [2.24, 2.45) is 29.4 Å². The summed E-state index contributed by atoms with van der Waals surface area (Å²) in [6.45, 7) is 0.326. The smallest absolute Gasteiger partial charge is 0.235 e. The molecule has 6 atom stereocenters. The first-order chi connectivity index (χ1) is 19.9. The number of rotatable bonds is 7. The number of hydrogen-bond acceptors (Lipinski definition) is 11. The molecule has 0 heterocycles. The van der Waals surface area contributed by atoms with Crippen molar-refractivity contribution in [2.45, 2.75) is 31.0 Å². The Bertz CT molecular complexity index is 1520. The zero-order chi connectivity index (χ0) is 30.7. The van der Waals surface area contributed by atoms with Crippen molar-refractivity contribution in [3.05, 3.63) is 47.0 Å². The van der Waals surface area contributed by atoms with Crippen LogP contribution < -0.4 is 16.0 Å². The van der Waals surface area contributed by atoms with Gasteiger partial charge in [-0.15, -0.1) is 0 Å².